The first-order valence-corrected chi connectivity index (χ1v) is 7.90. The number of nitrogens with zero attached hydrogens (tertiary/aromatic N) is 2. The van der Waals surface area contributed by atoms with Crippen molar-refractivity contribution < 1.29 is 9.31 Å². The van der Waals surface area contributed by atoms with Gasteiger partial charge in [-0.1, -0.05) is 13.8 Å². The fraction of sp³-hybridized carbons (Fsp3) is 0.571. The van der Waals surface area contributed by atoms with Crippen LogP contribution in [0.4, 0.5) is 15.8 Å². The van der Waals surface area contributed by atoms with Crippen molar-refractivity contribution in [3.05, 3.63) is 32.5 Å². The van der Waals surface area contributed by atoms with E-state index in [1.54, 1.807) is 0 Å². The summed E-state index contributed by atoms with van der Waals surface area (Å²) < 4.78 is 13.9. The molecule has 21 heavy (non-hydrogen) atoms. The molecule has 0 saturated carbocycles. The van der Waals surface area contributed by atoms with Crippen LogP contribution in [0.2, 0.25) is 0 Å². The van der Waals surface area contributed by atoms with Crippen LogP contribution in [0.5, 0.6) is 0 Å². The Morgan fingerprint density at radius 2 is 2.19 bits per heavy atom. The highest BCUT2D eigenvalue weighted by atomic mass is 79.9. The predicted molar refractivity (Wildman–Crippen MR) is 84.3 cm³/mol. The number of piperazine rings is 1. The number of halogens is 2. The van der Waals surface area contributed by atoms with Gasteiger partial charge in [-0.2, -0.15) is 0 Å². The Hall–Kier alpha value is -1.21. The highest BCUT2D eigenvalue weighted by molar-refractivity contribution is 9.10. The zero-order valence-electron chi connectivity index (χ0n) is 12.1. The molecule has 1 aromatic carbocycles. The van der Waals surface area contributed by atoms with E-state index in [2.05, 4.69) is 35.1 Å². The van der Waals surface area contributed by atoms with Gasteiger partial charge in [0.15, 0.2) is 0 Å². The van der Waals surface area contributed by atoms with Crippen LogP contribution >= 0.6 is 15.9 Å². The average molecular weight is 360 g/mol. The summed E-state index contributed by atoms with van der Waals surface area (Å²) in [4.78, 5) is 12.8. The molecule has 1 fully saturated rings. The van der Waals surface area contributed by atoms with Gasteiger partial charge in [-0.3, -0.25) is 10.1 Å². The molecule has 116 valence electrons. The summed E-state index contributed by atoms with van der Waals surface area (Å²) in [5, 5.41) is 14.7. The Balaban J connectivity index is 2.46. The van der Waals surface area contributed by atoms with Crippen molar-refractivity contribution >= 4 is 27.3 Å². The molecule has 0 aromatic heterocycles. The van der Waals surface area contributed by atoms with Crippen molar-refractivity contribution in [2.45, 2.75) is 38.8 Å². The van der Waals surface area contributed by atoms with Crippen LogP contribution in [0.15, 0.2) is 16.6 Å². The van der Waals surface area contributed by atoms with Crippen LogP contribution in [0, 0.1) is 15.9 Å². The van der Waals surface area contributed by atoms with E-state index >= 15 is 0 Å². The van der Waals surface area contributed by atoms with Crippen LogP contribution in [0.1, 0.15) is 26.7 Å². The molecule has 1 aromatic rings. The van der Waals surface area contributed by atoms with E-state index in [4.69, 9.17) is 0 Å². The molecule has 1 heterocycles. The molecule has 0 bridgehead atoms. The number of benzene rings is 1. The maximum atomic E-state index is 13.6. The summed E-state index contributed by atoms with van der Waals surface area (Å²) in [7, 11) is 0. The predicted octanol–water partition coefficient (Wildman–Crippen LogP) is 3.46. The van der Waals surface area contributed by atoms with Crippen molar-refractivity contribution in [1.29, 1.82) is 0 Å². The molecular formula is C14H19BrFN3O2. The largest absolute Gasteiger partial charge is 0.360 e. The van der Waals surface area contributed by atoms with E-state index in [1.807, 2.05) is 4.90 Å². The molecule has 1 aliphatic heterocycles. The van der Waals surface area contributed by atoms with Crippen LogP contribution in [0.25, 0.3) is 0 Å². The Morgan fingerprint density at radius 3 is 2.76 bits per heavy atom. The van der Waals surface area contributed by atoms with E-state index in [0.29, 0.717) is 12.2 Å². The number of anilines is 1. The van der Waals surface area contributed by atoms with Gasteiger partial charge in [0.1, 0.15) is 11.5 Å². The standard InChI is InChI=1S/C14H19BrFN3O2/c1-3-9-8-18(10(4-2)7-17-9)13-5-11(15)12(16)6-14(13)19(20)21/h5-6,9-10,17H,3-4,7-8H2,1-2H3. The molecule has 2 atom stereocenters. The van der Waals surface area contributed by atoms with Crippen LogP contribution < -0.4 is 10.2 Å². The van der Waals surface area contributed by atoms with Gasteiger partial charge >= 0.3 is 0 Å². The molecule has 5 nitrogen and oxygen atoms in total. The molecule has 0 spiro atoms. The van der Waals surface area contributed by atoms with Gasteiger partial charge in [-0.15, -0.1) is 0 Å². The lowest BCUT2D eigenvalue weighted by molar-refractivity contribution is -0.384. The van der Waals surface area contributed by atoms with E-state index in [1.165, 1.54) is 6.07 Å². The Kier molecular flexibility index (Phi) is 5.16. The van der Waals surface area contributed by atoms with Crippen LogP contribution in [-0.4, -0.2) is 30.1 Å². The topological polar surface area (TPSA) is 58.4 Å². The van der Waals surface area contributed by atoms with Crippen molar-refractivity contribution in [3.63, 3.8) is 0 Å². The van der Waals surface area contributed by atoms with Gasteiger partial charge in [0.05, 0.1) is 15.5 Å². The number of hydrogen-bond donors (Lipinski definition) is 1. The summed E-state index contributed by atoms with van der Waals surface area (Å²) in [5.41, 5.74) is 0.311. The highest BCUT2D eigenvalue weighted by Crippen LogP contribution is 2.35. The van der Waals surface area contributed by atoms with Gasteiger partial charge in [0.25, 0.3) is 5.69 Å². The number of hydrogen-bond acceptors (Lipinski definition) is 4. The monoisotopic (exact) mass is 359 g/mol. The third-order valence-electron chi connectivity index (χ3n) is 3.99. The number of nitro groups is 1. The molecule has 1 saturated heterocycles. The zero-order chi connectivity index (χ0) is 15.6. The van der Waals surface area contributed by atoms with Crippen molar-refractivity contribution in [2.75, 3.05) is 18.0 Å². The highest BCUT2D eigenvalue weighted by Gasteiger charge is 2.31. The smallest absolute Gasteiger partial charge is 0.295 e. The molecule has 2 rings (SSSR count). The fourth-order valence-electron chi connectivity index (χ4n) is 2.70. The van der Waals surface area contributed by atoms with Crippen LogP contribution in [0.3, 0.4) is 0 Å². The van der Waals surface area contributed by atoms with E-state index < -0.39 is 10.7 Å². The molecule has 2 unspecified atom stereocenters. The molecular weight excluding hydrogens is 341 g/mol. The van der Waals surface area contributed by atoms with Gasteiger partial charge in [0.2, 0.25) is 0 Å². The fourth-order valence-corrected chi connectivity index (χ4v) is 3.03. The maximum Gasteiger partial charge on any atom is 0.295 e. The lowest BCUT2D eigenvalue weighted by atomic mass is 10.0. The van der Waals surface area contributed by atoms with Crippen molar-refractivity contribution in [1.82, 2.24) is 5.32 Å². The summed E-state index contributed by atoms with van der Waals surface area (Å²) in [6.07, 6.45) is 1.82. The number of nitrogens with one attached hydrogen (secondary N) is 1. The quantitative estimate of drug-likeness (QED) is 0.660. The molecule has 7 heteroatoms. The lowest BCUT2D eigenvalue weighted by Crippen LogP contribution is -2.56. The summed E-state index contributed by atoms with van der Waals surface area (Å²) in [6, 6.07) is 2.98. The van der Waals surface area contributed by atoms with E-state index in [0.717, 1.165) is 25.5 Å². The SMILES string of the molecule is CCC1CN(c2cc(Br)c(F)cc2[N+](=O)[O-])C(CC)CN1. The second-order valence-electron chi connectivity index (χ2n) is 5.24. The van der Waals surface area contributed by atoms with E-state index in [9.17, 15) is 14.5 Å². The molecule has 0 amide bonds. The van der Waals surface area contributed by atoms with E-state index in [-0.39, 0.29) is 22.2 Å². The first-order chi connectivity index (χ1) is 9.97. The summed E-state index contributed by atoms with van der Waals surface area (Å²) >= 11 is 3.13. The van der Waals surface area contributed by atoms with Crippen molar-refractivity contribution in [2.24, 2.45) is 0 Å². The summed E-state index contributed by atoms with van der Waals surface area (Å²) in [5.74, 6) is -0.610. The Bertz CT molecular complexity index is 541. The van der Waals surface area contributed by atoms with Gasteiger partial charge in [-0.25, -0.2) is 4.39 Å². The first-order valence-electron chi connectivity index (χ1n) is 7.11. The lowest BCUT2D eigenvalue weighted by Gasteiger charge is -2.41. The second kappa shape index (κ2) is 6.70. The third kappa shape index (κ3) is 3.35. The minimum absolute atomic E-state index is 0.170. The number of nitro benzene ring substituents is 1. The summed E-state index contributed by atoms with van der Waals surface area (Å²) in [6.45, 7) is 5.60. The van der Waals surface area contributed by atoms with Crippen molar-refractivity contribution in [3.8, 4) is 0 Å². The minimum atomic E-state index is -0.610. The molecule has 1 N–H and O–H groups in total. The van der Waals surface area contributed by atoms with Gasteiger partial charge < -0.3 is 10.2 Å². The molecule has 1 aliphatic rings. The molecule has 0 aliphatic carbocycles. The number of rotatable bonds is 4. The Labute approximate surface area is 131 Å². The second-order valence-corrected chi connectivity index (χ2v) is 6.09. The average Bonchev–Trinajstić information content (AvgIpc) is 2.48. The zero-order valence-corrected chi connectivity index (χ0v) is 13.7. The maximum absolute atomic E-state index is 13.6. The van der Waals surface area contributed by atoms with Gasteiger partial charge in [-0.05, 0) is 34.8 Å². The van der Waals surface area contributed by atoms with Crippen LogP contribution in [-0.2, 0) is 0 Å². The molecule has 0 radical (unpaired) electrons. The first kappa shape index (κ1) is 16.2. The van der Waals surface area contributed by atoms with Gasteiger partial charge in [0, 0.05) is 25.2 Å². The minimum Gasteiger partial charge on any atom is -0.360 e. The Morgan fingerprint density at radius 1 is 1.48 bits per heavy atom. The normalized spacial score (nSPS) is 22.4. The third-order valence-corrected chi connectivity index (χ3v) is 4.60.